The zero-order valence-electron chi connectivity index (χ0n) is 15.4. The standard InChI is InChI=1S/C21H24N2O4/c1-2-3-4-5-15-27-20-12-10-18(11-13-20)22-21(24)14-9-17-7-6-8-19(16-17)23(25)26/h6-14,16H,2-5,15H2,1H3,(H,22,24)/b14-9+. The van der Waals surface area contributed by atoms with Gasteiger partial charge in [0.2, 0.25) is 5.91 Å². The Morgan fingerprint density at radius 3 is 2.63 bits per heavy atom. The monoisotopic (exact) mass is 368 g/mol. The molecule has 0 atom stereocenters. The van der Waals surface area contributed by atoms with Crippen molar-refractivity contribution < 1.29 is 14.5 Å². The van der Waals surface area contributed by atoms with Gasteiger partial charge in [-0.25, -0.2) is 0 Å². The number of rotatable bonds is 10. The number of carbonyl (C=O) groups is 1. The highest BCUT2D eigenvalue weighted by Gasteiger charge is 2.04. The minimum atomic E-state index is -0.467. The molecule has 1 amide bonds. The predicted octanol–water partition coefficient (Wildman–Crippen LogP) is 5.21. The molecule has 0 radical (unpaired) electrons. The maximum atomic E-state index is 12.0. The van der Waals surface area contributed by atoms with Crippen molar-refractivity contribution in [3.8, 4) is 5.75 Å². The Bertz CT molecular complexity index is 785. The fourth-order valence-corrected chi connectivity index (χ4v) is 2.45. The van der Waals surface area contributed by atoms with E-state index < -0.39 is 4.92 Å². The van der Waals surface area contributed by atoms with Crippen LogP contribution < -0.4 is 10.1 Å². The molecule has 0 aliphatic heterocycles. The molecular formula is C21H24N2O4. The van der Waals surface area contributed by atoms with Crippen molar-refractivity contribution in [1.29, 1.82) is 0 Å². The highest BCUT2D eigenvalue weighted by atomic mass is 16.6. The van der Waals surface area contributed by atoms with Gasteiger partial charge in [-0.3, -0.25) is 14.9 Å². The van der Waals surface area contributed by atoms with Crippen LogP contribution in [-0.2, 0) is 4.79 Å². The molecule has 0 saturated carbocycles. The number of nitro groups is 1. The van der Waals surface area contributed by atoms with Crippen LogP contribution in [0.5, 0.6) is 5.75 Å². The number of hydrogen-bond donors (Lipinski definition) is 1. The average Bonchev–Trinajstić information content (AvgIpc) is 2.68. The number of carbonyl (C=O) groups excluding carboxylic acids is 1. The van der Waals surface area contributed by atoms with Gasteiger partial charge in [0.25, 0.3) is 5.69 Å². The lowest BCUT2D eigenvalue weighted by Crippen LogP contribution is -2.07. The number of ether oxygens (including phenoxy) is 1. The van der Waals surface area contributed by atoms with Gasteiger partial charge in [0, 0.05) is 23.9 Å². The van der Waals surface area contributed by atoms with Gasteiger partial charge in [-0.05, 0) is 42.3 Å². The van der Waals surface area contributed by atoms with Gasteiger partial charge in [0.1, 0.15) is 5.75 Å². The molecule has 0 saturated heterocycles. The Hall–Kier alpha value is -3.15. The first-order chi connectivity index (χ1) is 13.1. The summed E-state index contributed by atoms with van der Waals surface area (Å²) in [5.74, 6) is 0.464. The van der Waals surface area contributed by atoms with E-state index in [2.05, 4.69) is 12.2 Å². The first kappa shape index (κ1) is 20.2. The first-order valence-corrected chi connectivity index (χ1v) is 9.05. The van der Waals surface area contributed by atoms with Crippen LogP contribution in [0.1, 0.15) is 38.2 Å². The smallest absolute Gasteiger partial charge is 0.270 e. The summed E-state index contributed by atoms with van der Waals surface area (Å²) in [4.78, 5) is 22.3. The molecule has 0 heterocycles. The van der Waals surface area contributed by atoms with E-state index in [-0.39, 0.29) is 11.6 Å². The Labute approximate surface area is 159 Å². The van der Waals surface area contributed by atoms with Gasteiger partial charge in [0.15, 0.2) is 0 Å². The quantitative estimate of drug-likeness (QED) is 0.270. The number of benzene rings is 2. The van der Waals surface area contributed by atoms with Gasteiger partial charge >= 0.3 is 0 Å². The van der Waals surface area contributed by atoms with Crippen molar-refractivity contribution in [2.24, 2.45) is 0 Å². The van der Waals surface area contributed by atoms with E-state index in [1.165, 1.54) is 43.5 Å². The molecule has 0 aromatic heterocycles. The SMILES string of the molecule is CCCCCCOc1ccc(NC(=O)/C=C/c2cccc([N+](=O)[O-])c2)cc1. The Balaban J connectivity index is 1.83. The molecule has 0 aliphatic carbocycles. The Morgan fingerprint density at radius 1 is 1.15 bits per heavy atom. The van der Waals surface area contributed by atoms with Crippen LogP contribution in [-0.4, -0.2) is 17.4 Å². The maximum Gasteiger partial charge on any atom is 0.270 e. The molecule has 0 unspecified atom stereocenters. The van der Waals surface area contributed by atoms with Crippen molar-refractivity contribution in [2.45, 2.75) is 32.6 Å². The molecule has 27 heavy (non-hydrogen) atoms. The molecule has 0 bridgehead atoms. The van der Waals surface area contributed by atoms with Crippen molar-refractivity contribution in [3.63, 3.8) is 0 Å². The molecule has 6 heteroatoms. The number of non-ortho nitro benzene ring substituents is 1. The second-order valence-corrected chi connectivity index (χ2v) is 6.11. The lowest BCUT2D eigenvalue weighted by molar-refractivity contribution is -0.384. The summed E-state index contributed by atoms with van der Waals surface area (Å²) in [5, 5.41) is 13.5. The number of hydrogen-bond acceptors (Lipinski definition) is 4. The summed E-state index contributed by atoms with van der Waals surface area (Å²) in [5.41, 5.74) is 1.23. The molecule has 142 valence electrons. The number of unbranched alkanes of at least 4 members (excludes halogenated alkanes) is 3. The van der Waals surface area contributed by atoms with Gasteiger partial charge in [-0.2, -0.15) is 0 Å². The highest BCUT2D eigenvalue weighted by molar-refractivity contribution is 6.01. The highest BCUT2D eigenvalue weighted by Crippen LogP contribution is 2.17. The Kier molecular flexibility index (Phi) is 8.03. The molecule has 2 aromatic carbocycles. The summed E-state index contributed by atoms with van der Waals surface area (Å²) in [6.45, 7) is 2.87. The summed E-state index contributed by atoms with van der Waals surface area (Å²) in [6, 6.07) is 13.3. The number of amides is 1. The van der Waals surface area contributed by atoms with E-state index in [1.54, 1.807) is 24.3 Å². The van der Waals surface area contributed by atoms with Crippen molar-refractivity contribution in [2.75, 3.05) is 11.9 Å². The Morgan fingerprint density at radius 2 is 1.93 bits per heavy atom. The predicted molar refractivity (Wildman–Crippen MR) is 107 cm³/mol. The van der Waals surface area contributed by atoms with Gasteiger partial charge in [0.05, 0.1) is 11.5 Å². The van der Waals surface area contributed by atoms with Gasteiger partial charge in [-0.1, -0.05) is 38.3 Å². The summed E-state index contributed by atoms with van der Waals surface area (Å²) in [7, 11) is 0. The van der Waals surface area contributed by atoms with Crippen molar-refractivity contribution in [1.82, 2.24) is 0 Å². The normalized spacial score (nSPS) is 10.7. The first-order valence-electron chi connectivity index (χ1n) is 9.05. The van der Waals surface area contributed by atoms with E-state index in [4.69, 9.17) is 4.74 Å². The zero-order chi connectivity index (χ0) is 19.5. The summed E-state index contributed by atoms with van der Waals surface area (Å²) in [6.07, 6.45) is 7.51. The van der Waals surface area contributed by atoms with Crippen LogP contribution in [0.2, 0.25) is 0 Å². The van der Waals surface area contributed by atoms with Crippen LogP contribution in [0.25, 0.3) is 6.08 Å². The zero-order valence-corrected chi connectivity index (χ0v) is 15.4. The molecule has 2 rings (SSSR count). The van der Waals surface area contributed by atoms with E-state index >= 15 is 0 Å². The minimum Gasteiger partial charge on any atom is -0.494 e. The molecule has 0 fully saturated rings. The lowest BCUT2D eigenvalue weighted by Gasteiger charge is -2.07. The largest absolute Gasteiger partial charge is 0.494 e. The molecule has 6 nitrogen and oxygen atoms in total. The fraction of sp³-hybridized carbons (Fsp3) is 0.286. The third kappa shape index (κ3) is 7.32. The van der Waals surface area contributed by atoms with E-state index in [0.717, 1.165) is 12.2 Å². The fourth-order valence-electron chi connectivity index (χ4n) is 2.45. The third-order valence-corrected chi connectivity index (χ3v) is 3.90. The lowest BCUT2D eigenvalue weighted by atomic mass is 10.2. The van der Waals surface area contributed by atoms with Crippen molar-refractivity contribution in [3.05, 3.63) is 70.3 Å². The number of nitro benzene ring substituents is 1. The van der Waals surface area contributed by atoms with E-state index in [0.29, 0.717) is 17.9 Å². The second kappa shape index (κ2) is 10.8. The van der Waals surface area contributed by atoms with Crippen LogP contribution in [0.15, 0.2) is 54.6 Å². The third-order valence-electron chi connectivity index (χ3n) is 3.90. The summed E-state index contributed by atoms with van der Waals surface area (Å²) < 4.78 is 5.67. The molecular weight excluding hydrogens is 344 g/mol. The van der Waals surface area contributed by atoms with Crippen LogP contribution in [0.3, 0.4) is 0 Å². The van der Waals surface area contributed by atoms with Crippen LogP contribution >= 0.6 is 0 Å². The number of nitrogens with one attached hydrogen (secondary N) is 1. The molecule has 0 aliphatic rings. The van der Waals surface area contributed by atoms with Crippen LogP contribution in [0.4, 0.5) is 11.4 Å². The van der Waals surface area contributed by atoms with E-state index in [9.17, 15) is 14.9 Å². The maximum absolute atomic E-state index is 12.0. The van der Waals surface area contributed by atoms with Crippen LogP contribution in [0, 0.1) is 10.1 Å². The minimum absolute atomic E-state index is 0.0113. The average molecular weight is 368 g/mol. The topological polar surface area (TPSA) is 81.5 Å². The second-order valence-electron chi connectivity index (χ2n) is 6.11. The number of anilines is 1. The van der Waals surface area contributed by atoms with Crippen molar-refractivity contribution >= 4 is 23.4 Å². The molecule has 2 aromatic rings. The summed E-state index contributed by atoms with van der Waals surface area (Å²) >= 11 is 0. The molecule has 1 N–H and O–H groups in total. The number of nitrogens with zero attached hydrogens (tertiary/aromatic N) is 1. The molecule has 0 spiro atoms. The van der Waals surface area contributed by atoms with E-state index in [1.807, 2.05) is 12.1 Å². The van der Waals surface area contributed by atoms with Gasteiger partial charge in [-0.15, -0.1) is 0 Å². The van der Waals surface area contributed by atoms with Gasteiger partial charge < -0.3 is 10.1 Å².